The van der Waals surface area contributed by atoms with Crippen LogP contribution in [0.2, 0.25) is 10.0 Å². The van der Waals surface area contributed by atoms with E-state index in [0.717, 1.165) is 65.6 Å². The molecular weight excluding hydrogens is 731 g/mol. The van der Waals surface area contributed by atoms with E-state index in [4.69, 9.17) is 46.9 Å². The summed E-state index contributed by atoms with van der Waals surface area (Å²) in [5, 5.41) is 1.45. The second kappa shape index (κ2) is 16.2. The first kappa shape index (κ1) is 39.4. The van der Waals surface area contributed by atoms with Gasteiger partial charge < -0.3 is 33.5 Å². The van der Waals surface area contributed by atoms with Gasteiger partial charge in [-0.15, -0.1) is 11.8 Å². The lowest BCUT2D eigenvalue weighted by Crippen LogP contribution is -2.64. The van der Waals surface area contributed by atoms with Crippen LogP contribution in [0.3, 0.4) is 0 Å². The second-order valence-electron chi connectivity index (χ2n) is 14.7. The van der Waals surface area contributed by atoms with Gasteiger partial charge in [0.2, 0.25) is 0 Å². The molecule has 4 aliphatic rings. The standard InChI is InChI=1S/C38H54Cl2N2O7S2/c1-25-7-9-29(27(39)23-25)41-17-13-37(47-5,14-18-41)33-31(45-3)11-21-50-35(33)49-36-34(32(46-4)12-22-51(36,43)44)38(48-6)15-19-42(20-16-38)30-10-8-26(2)24-28(30)40/h7-10,23-24,31-36H,11-22H2,1-6H3. The van der Waals surface area contributed by atoms with Gasteiger partial charge in [-0.2, -0.15) is 0 Å². The monoisotopic (exact) mass is 784 g/mol. The number of anilines is 2. The van der Waals surface area contributed by atoms with Crippen molar-refractivity contribution < 1.29 is 32.1 Å². The summed E-state index contributed by atoms with van der Waals surface area (Å²) in [4.78, 5) is 4.58. The Labute approximate surface area is 318 Å². The minimum Gasteiger partial charge on any atom is -0.381 e. The van der Waals surface area contributed by atoms with Crippen molar-refractivity contribution in [2.75, 3.05) is 75.9 Å². The quantitative estimate of drug-likeness (QED) is 0.247. The van der Waals surface area contributed by atoms with Crippen molar-refractivity contribution in [3.63, 3.8) is 0 Å². The lowest BCUT2D eigenvalue weighted by molar-refractivity contribution is -0.185. The van der Waals surface area contributed by atoms with Crippen LogP contribution >= 0.6 is 35.0 Å². The molecule has 0 N–H and O–H groups in total. The molecule has 0 spiro atoms. The Kier molecular flexibility index (Phi) is 12.5. The van der Waals surface area contributed by atoms with Crippen LogP contribution in [-0.2, 0) is 33.5 Å². The number of aryl methyl sites for hydroxylation is 2. The minimum atomic E-state index is -3.68. The number of thioether (sulfide) groups is 1. The van der Waals surface area contributed by atoms with Gasteiger partial charge >= 0.3 is 0 Å². The number of hydrogen-bond acceptors (Lipinski definition) is 10. The average Bonchev–Trinajstić information content (AvgIpc) is 3.12. The largest absolute Gasteiger partial charge is 0.381 e. The normalized spacial score (nSPS) is 30.7. The third-order valence-electron chi connectivity index (χ3n) is 12.1. The van der Waals surface area contributed by atoms with E-state index in [9.17, 15) is 8.42 Å². The fourth-order valence-corrected chi connectivity index (χ4v) is 13.4. The van der Waals surface area contributed by atoms with E-state index in [-0.39, 0.29) is 23.9 Å². The Balaban J connectivity index is 1.29. The first-order valence-corrected chi connectivity index (χ1v) is 21.6. The van der Waals surface area contributed by atoms with Gasteiger partial charge in [0.1, 0.15) is 5.44 Å². The van der Waals surface area contributed by atoms with Gasteiger partial charge in [0.25, 0.3) is 0 Å². The summed E-state index contributed by atoms with van der Waals surface area (Å²) in [6.45, 7) is 6.88. The third kappa shape index (κ3) is 7.81. The number of nitrogens with zero attached hydrogens (tertiary/aromatic N) is 2. The molecule has 6 unspecified atom stereocenters. The molecule has 4 heterocycles. The maximum absolute atomic E-state index is 14.3. The Hall–Kier alpha value is -1.28. The predicted molar refractivity (Wildman–Crippen MR) is 207 cm³/mol. The molecule has 0 aliphatic carbocycles. The molecule has 6 atom stereocenters. The SMILES string of the molecule is COC1CCSC(OC2C(C3(OC)CCN(c4ccc(C)cc4Cl)CC3)C(OC)CCS2(=O)=O)C1C1(OC)CCN(c2ccc(C)cc2Cl)CC1. The number of halogens is 2. The predicted octanol–water partition coefficient (Wildman–Crippen LogP) is 7.17. The van der Waals surface area contributed by atoms with E-state index in [1.54, 1.807) is 40.2 Å². The summed E-state index contributed by atoms with van der Waals surface area (Å²) in [6, 6.07) is 12.3. The Bertz CT molecular complexity index is 1620. The van der Waals surface area contributed by atoms with Gasteiger partial charge in [0.15, 0.2) is 15.3 Å². The molecule has 0 aromatic heterocycles. The molecule has 0 bridgehead atoms. The first-order chi connectivity index (χ1) is 24.4. The van der Waals surface area contributed by atoms with Crippen molar-refractivity contribution in [3.8, 4) is 0 Å². The molecule has 0 radical (unpaired) electrons. The molecular formula is C38H54Cl2N2O7S2. The summed E-state index contributed by atoms with van der Waals surface area (Å²) >= 11 is 15.1. The number of ether oxygens (including phenoxy) is 5. The van der Waals surface area contributed by atoms with Crippen LogP contribution in [0.15, 0.2) is 36.4 Å². The number of piperidine rings is 2. The van der Waals surface area contributed by atoms with Crippen molar-refractivity contribution in [1.82, 2.24) is 0 Å². The highest BCUT2D eigenvalue weighted by atomic mass is 35.5. The van der Waals surface area contributed by atoms with Crippen LogP contribution in [0.4, 0.5) is 11.4 Å². The lowest BCUT2D eigenvalue weighted by Gasteiger charge is -2.54. The number of rotatable bonds is 10. The van der Waals surface area contributed by atoms with Gasteiger partial charge in [-0.05, 0) is 93.5 Å². The molecule has 4 fully saturated rings. The zero-order valence-electron chi connectivity index (χ0n) is 30.7. The molecule has 2 aromatic rings. The highest BCUT2D eigenvalue weighted by Crippen LogP contribution is 2.51. The number of sulfone groups is 1. The van der Waals surface area contributed by atoms with E-state index in [1.807, 2.05) is 26.0 Å². The van der Waals surface area contributed by atoms with Crippen LogP contribution in [0.25, 0.3) is 0 Å². The van der Waals surface area contributed by atoms with E-state index in [1.165, 1.54) is 0 Å². The van der Waals surface area contributed by atoms with Gasteiger partial charge in [-0.1, -0.05) is 35.3 Å². The molecule has 51 heavy (non-hydrogen) atoms. The summed E-state index contributed by atoms with van der Waals surface area (Å²) in [5.41, 5.74) is 1.28. The summed E-state index contributed by atoms with van der Waals surface area (Å²) in [7, 11) is 3.20. The molecule has 4 saturated heterocycles. The van der Waals surface area contributed by atoms with Crippen LogP contribution in [-0.4, -0.2) is 109 Å². The van der Waals surface area contributed by atoms with Gasteiger partial charge in [0, 0.05) is 54.6 Å². The summed E-state index contributed by atoms with van der Waals surface area (Å²) < 4.78 is 60.8. The van der Waals surface area contributed by atoms with Gasteiger partial charge in [-0.3, -0.25) is 0 Å². The Morgan fingerprint density at radius 2 is 1.20 bits per heavy atom. The highest BCUT2D eigenvalue weighted by Gasteiger charge is 2.59. The number of methoxy groups -OCH3 is 4. The topological polar surface area (TPSA) is 86.8 Å². The van der Waals surface area contributed by atoms with Crippen molar-refractivity contribution in [2.24, 2.45) is 11.8 Å². The molecule has 4 aliphatic heterocycles. The summed E-state index contributed by atoms with van der Waals surface area (Å²) in [6.07, 6.45) is 3.36. The van der Waals surface area contributed by atoms with Crippen LogP contribution in [0.5, 0.6) is 0 Å². The molecule has 6 rings (SSSR count). The Morgan fingerprint density at radius 3 is 1.65 bits per heavy atom. The van der Waals surface area contributed by atoms with Gasteiger partial charge in [-0.25, -0.2) is 8.42 Å². The molecule has 284 valence electrons. The number of benzene rings is 2. The van der Waals surface area contributed by atoms with E-state index < -0.39 is 37.8 Å². The zero-order chi connectivity index (χ0) is 36.6. The van der Waals surface area contributed by atoms with Crippen molar-refractivity contribution >= 4 is 56.2 Å². The minimum absolute atomic E-state index is 0.00494. The smallest absolute Gasteiger partial charge is 0.177 e. The molecule has 0 saturated carbocycles. The summed E-state index contributed by atoms with van der Waals surface area (Å²) in [5.74, 6) is 0.0478. The molecule has 2 aromatic carbocycles. The molecule has 13 heteroatoms. The third-order valence-corrected chi connectivity index (χ3v) is 15.8. The maximum Gasteiger partial charge on any atom is 0.177 e. The first-order valence-electron chi connectivity index (χ1n) is 18.1. The van der Waals surface area contributed by atoms with Crippen molar-refractivity contribution in [3.05, 3.63) is 57.6 Å². The van der Waals surface area contributed by atoms with Crippen LogP contribution < -0.4 is 9.80 Å². The van der Waals surface area contributed by atoms with Crippen molar-refractivity contribution in [1.29, 1.82) is 0 Å². The van der Waals surface area contributed by atoms with E-state index in [0.29, 0.717) is 37.4 Å². The van der Waals surface area contributed by atoms with E-state index in [2.05, 4.69) is 34.1 Å². The Morgan fingerprint density at radius 1 is 0.725 bits per heavy atom. The second-order valence-corrected chi connectivity index (χ2v) is 18.9. The zero-order valence-corrected chi connectivity index (χ0v) is 33.9. The number of hydrogen-bond donors (Lipinski definition) is 0. The average molecular weight is 786 g/mol. The van der Waals surface area contributed by atoms with Crippen LogP contribution in [0, 0.1) is 25.7 Å². The fraction of sp³-hybridized carbons (Fsp3) is 0.684. The van der Waals surface area contributed by atoms with Crippen LogP contribution in [0.1, 0.15) is 49.7 Å². The van der Waals surface area contributed by atoms with E-state index >= 15 is 0 Å². The molecule has 0 amide bonds. The fourth-order valence-electron chi connectivity index (χ4n) is 9.20. The van der Waals surface area contributed by atoms with Crippen molar-refractivity contribution in [2.45, 2.75) is 86.7 Å². The van der Waals surface area contributed by atoms with Gasteiger partial charge in [0.05, 0.1) is 62.4 Å². The maximum atomic E-state index is 14.3. The lowest BCUT2D eigenvalue weighted by atomic mass is 9.74. The molecule has 9 nitrogen and oxygen atoms in total. The highest BCUT2D eigenvalue weighted by molar-refractivity contribution is 7.99.